The maximum atomic E-state index is 13.0. The van der Waals surface area contributed by atoms with Crippen LogP contribution < -0.4 is 10.2 Å². The van der Waals surface area contributed by atoms with Crippen molar-refractivity contribution >= 4 is 13.7 Å². The van der Waals surface area contributed by atoms with Crippen molar-refractivity contribution in [2.75, 3.05) is 40.9 Å². The fourth-order valence-electron chi connectivity index (χ4n) is 10.2. The zero-order valence-electron chi connectivity index (χ0n) is 51.0. The molecule has 0 bridgehead atoms. The number of quaternary nitrogens is 1. The van der Waals surface area contributed by atoms with Crippen LogP contribution in [0, 0.1) is 0 Å². The van der Waals surface area contributed by atoms with Crippen molar-refractivity contribution in [3.63, 3.8) is 0 Å². The van der Waals surface area contributed by atoms with Gasteiger partial charge in [-0.05, 0) is 44.9 Å². The largest absolute Gasteiger partial charge is 0.756 e. The molecule has 0 aromatic carbocycles. The minimum absolute atomic E-state index is 0.000964. The van der Waals surface area contributed by atoms with Gasteiger partial charge in [0.05, 0.1) is 39.9 Å². The number of phosphoric ester groups is 1. The Hall–Kier alpha value is -1.02. The van der Waals surface area contributed by atoms with Crippen molar-refractivity contribution in [1.82, 2.24) is 5.32 Å². The molecule has 0 aliphatic rings. The van der Waals surface area contributed by atoms with Crippen LogP contribution in [0.25, 0.3) is 0 Å². The summed E-state index contributed by atoms with van der Waals surface area (Å²) in [6, 6.07) is -0.886. The molecule has 1 amide bonds. The van der Waals surface area contributed by atoms with E-state index in [4.69, 9.17) is 9.05 Å². The first-order chi connectivity index (χ1) is 36.5. The average molecular weight is 1080 g/mol. The molecule has 0 aliphatic heterocycles. The van der Waals surface area contributed by atoms with Crippen molar-refractivity contribution in [2.45, 2.75) is 353 Å². The molecule has 0 aromatic heterocycles. The molecule has 0 fully saturated rings. The van der Waals surface area contributed by atoms with Crippen LogP contribution in [0.2, 0.25) is 0 Å². The minimum Gasteiger partial charge on any atom is -0.756 e. The third kappa shape index (κ3) is 60.5. The van der Waals surface area contributed by atoms with Crippen molar-refractivity contribution in [3.8, 4) is 0 Å². The Kier molecular flexibility index (Phi) is 56.9. The molecule has 0 aromatic rings. The Morgan fingerprint density at radius 3 is 1.04 bits per heavy atom. The molecule has 446 valence electrons. The SMILES string of the molecule is CCCCCCCCCC/C=C\CCCCCCCCCCCCCC(=O)NC(COP(=O)([O-])OCC[N+](C)(C)C)C(O)/C=C/CCCCCCCCCCCCCCCCCCCCCCCCCCCCCC. The molecule has 0 aliphatic carbocycles. The highest BCUT2D eigenvalue weighted by Crippen LogP contribution is 2.38. The second kappa shape index (κ2) is 57.7. The Morgan fingerprint density at radius 1 is 0.453 bits per heavy atom. The van der Waals surface area contributed by atoms with Gasteiger partial charge in [-0.1, -0.05) is 314 Å². The number of carbonyl (C=O) groups is 1. The highest BCUT2D eigenvalue weighted by molar-refractivity contribution is 7.45. The van der Waals surface area contributed by atoms with Crippen molar-refractivity contribution in [3.05, 3.63) is 24.3 Å². The minimum atomic E-state index is -4.60. The molecular weight excluding hydrogens is 948 g/mol. The lowest BCUT2D eigenvalue weighted by Gasteiger charge is -2.29. The molecule has 0 rings (SSSR count). The smallest absolute Gasteiger partial charge is 0.268 e. The zero-order chi connectivity index (χ0) is 54.9. The van der Waals surface area contributed by atoms with E-state index in [0.29, 0.717) is 17.4 Å². The van der Waals surface area contributed by atoms with E-state index in [-0.39, 0.29) is 19.1 Å². The number of nitrogens with one attached hydrogen (secondary N) is 1. The summed E-state index contributed by atoms with van der Waals surface area (Å²) in [6.07, 6.45) is 74.3. The molecule has 2 N–H and O–H groups in total. The number of hydrogen-bond acceptors (Lipinski definition) is 6. The van der Waals surface area contributed by atoms with Crippen LogP contribution >= 0.6 is 7.82 Å². The summed E-state index contributed by atoms with van der Waals surface area (Å²) in [6.45, 7) is 4.70. The lowest BCUT2D eigenvalue weighted by molar-refractivity contribution is -0.870. The molecule has 3 atom stereocenters. The summed E-state index contributed by atoms with van der Waals surface area (Å²) in [7, 11) is 1.28. The average Bonchev–Trinajstić information content (AvgIpc) is 3.37. The van der Waals surface area contributed by atoms with Crippen LogP contribution in [0.5, 0.6) is 0 Å². The number of aliphatic hydroxyl groups is 1. The van der Waals surface area contributed by atoms with Gasteiger partial charge in [-0.25, -0.2) is 0 Å². The summed E-state index contributed by atoms with van der Waals surface area (Å²) in [4.78, 5) is 25.6. The van der Waals surface area contributed by atoms with Crippen molar-refractivity contribution in [2.24, 2.45) is 0 Å². The predicted octanol–water partition coefficient (Wildman–Crippen LogP) is 20.1. The van der Waals surface area contributed by atoms with Crippen molar-refractivity contribution in [1.29, 1.82) is 0 Å². The second-order valence-electron chi connectivity index (χ2n) is 24.2. The first kappa shape index (κ1) is 74.0. The molecule has 0 spiro atoms. The van der Waals surface area contributed by atoms with Crippen LogP contribution in [-0.4, -0.2) is 68.5 Å². The predicted molar refractivity (Wildman–Crippen MR) is 325 cm³/mol. The third-order valence-electron chi connectivity index (χ3n) is 15.4. The number of allylic oxidation sites excluding steroid dienone is 3. The number of hydrogen-bond donors (Lipinski definition) is 2. The Balaban J connectivity index is 4.08. The fraction of sp³-hybridized carbons (Fsp3) is 0.924. The molecule has 0 radical (unpaired) electrons. The monoisotopic (exact) mass is 1080 g/mol. The first-order valence-corrected chi connectivity index (χ1v) is 34.7. The summed E-state index contributed by atoms with van der Waals surface area (Å²) >= 11 is 0. The molecule has 8 nitrogen and oxygen atoms in total. The lowest BCUT2D eigenvalue weighted by Crippen LogP contribution is -2.45. The number of nitrogens with zero attached hydrogens (tertiary/aromatic N) is 1. The maximum Gasteiger partial charge on any atom is 0.268 e. The number of likely N-dealkylation sites (N-methyl/N-ethyl adjacent to an activating group) is 1. The summed E-state index contributed by atoms with van der Waals surface area (Å²) in [5.74, 6) is -0.192. The van der Waals surface area contributed by atoms with Crippen LogP contribution in [0.15, 0.2) is 24.3 Å². The molecule has 75 heavy (non-hydrogen) atoms. The molecule has 9 heteroatoms. The van der Waals surface area contributed by atoms with Crippen molar-refractivity contribution < 1.29 is 32.9 Å². The Bertz CT molecular complexity index is 1270. The summed E-state index contributed by atoms with van der Waals surface area (Å²) in [5, 5.41) is 14.0. The summed E-state index contributed by atoms with van der Waals surface area (Å²) in [5.41, 5.74) is 0. The zero-order valence-corrected chi connectivity index (χ0v) is 51.9. The van der Waals surface area contributed by atoms with Crippen LogP contribution in [0.3, 0.4) is 0 Å². The van der Waals surface area contributed by atoms with E-state index in [1.807, 2.05) is 27.2 Å². The number of phosphoric acid groups is 1. The van der Waals surface area contributed by atoms with Gasteiger partial charge in [-0.2, -0.15) is 0 Å². The quantitative estimate of drug-likeness (QED) is 0.0272. The topological polar surface area (TPSA) is 108 Å². The number of amides is 1. The van der Waals surface area contributed by atoms with Gasteiger partial charge in [-0.15, -0.1) is 0 Å². The van der Waals surface area contributed by atoms with E-state index in [0.717, 1.165) is 38.5 Å². The molecule has 0 heterocycles. The van der Waals surface area contributed by atoms with Gasteiger partial charge >= 0.3 is 0 Å². The Labute approximate surface area is 468 Å². The normalized spacial score (nSPS) is 13.9. The van der Waals surface area contributed by atoms with E-state index >= 15 is 0 Å². The third-order valence-corrected chi connectivity index (χ3v) is 16.4. The van der Waals surface area contributed by atoms with E-state index < -0.39 is 20.0 Å². The van der Waals surface area contributed by atoms with Gasteiger partial charge in [0.25, 0.3) is 7.82 Å². The Morgan fingerprint density at radius 2 is 0.733 bits per heavy atom. The van der Waals surface area contributed by atoms with E-state index in [2.05, 4.69) is 31.3 Å². The van der Waals surface area contributed by atoms with Crippen LogP contribution in [0.1, 0.15) is 341 Å². The number of aliphatic hydroxyl groups excluding tert-OH is 1. The van der Waals surface area contributed by atoms with Gasteiger partial charge in [0, 0.05) is 6.42 Å². The number of carbonyl (C=O) groups excluding carboxylic acids is 1. The summed E-state index contributed by atoms with van der Waals surface area (Å²) < 4.78 is 23.4. The van der Waals surface area contributed by atoms with E-state index in [1.165, 1.54) is 283 Å². The highest BCUT2D eigenvalue weighted by atomic mass is 31.2. The molecule has 0 saturated heterocycles. The highest BCUT2D eigenvalue weighted by Gasteiger charge is 2.23. The van der Waals surface area contributed by atoms with Gasteiger partial charge in [0.2, 0.25) is 5.91 Å². The van der Waals surface area contributed by atoms with Crippen LogP contribution in [-0.2, 0) is 18.4 Å². The van der Waals surface area contributed by atoms with Gasteiger partial charge in [-0.3, -0.25) is 9.36 Å². The van der Waals surface area contributed by atoms with E-state index in [9.17, 15) is 19.4 Å². The van der Waals surface area contributed by atoms with Gasteiger partial charge in [0.1, 0.15) is 13.2 Å². The fourth-order valence-corrected chi connectivity index (χ4v) is 10.9. The molecular formula is C66H131N2O6P. The van der Waals surface area contributed by atoms with Gasteiger partial charge in [0.15, 0.2) is 0 Å². The van der Waals surface area contributed by atoms with Crippen LogP contribution in [0.4, 0.5) is 0 Å². The second-order valence-corrected chi connectivity index (χ2v) is 25.6. The molecule has 3 unspecified atom stereocenters. The number of rotatable bonds is 62. The van der Waals surface area contributed by atoms with Gasteiger partial charge < -0.3 is 28.8 Å². The van der Waals surface area contributed by atoms with E-state index in [1.54, 1.807) is 6.08 Å². The standard InChI is InChI=1S/C66H131N2O6P/c1-6-8-10-12-14-16-18-20-22-24-26-28-30-31-32-33-34-35-36-38-39-41-43-45-47-49-51-53-55-57-59-65(69)64(63-74-75(71,72)73-62-61-68(3,4)5)67-66(70)60-58-56-54-52-50-48-46-44-42-40-37-29-27-25-23-21-19-17-15-13-11-9-7-2/h25,27,57,59,64-65,69H,6-24,26,28-56,58,60-63H2,1-5H3,(H-,67,70,71,72)/b27-25-,59-57+. The maximum absolute atomic E-state index is 13.0. The molecule has 0 saturated carbocycles. The number of unbranched alkanes of at least 4 members (excludes halogenated alkanes) is 47. The lowest BCUT2D eigenvalue weighted by atomic mass is 10.0. The first-order valence-electron chi connectivity index (χ1n) is 33.2.